The highest BCUT2D eigenvalue weighted by atomic mass is 16.5. The van der Waals surface area contributed by atoms with E-state index in [0.29, 0.717) is 29.1 Å². The first kappa shape index (κ1) is 21.9. The number of rotatable bonds is 8. The molecule has 0 fully saturated rings. The maximum absolute atomic E-state index is 12.4. The van der Waals surface area contributed by atoms with E-state index in [1.165, 1.54) is 0 Å². The summed E-state index contributed by atoms with van der Waals surface area (Å²) in [7, 11) is 0. The highest BCUT2D eigenvalue weighted by molar-refractivity contribution is 5.96. The Labute approximate surface area is 182 Å². The average Bonchev–Trinajstić information content (AvgIpc) is 2.78. The van der Waals surface area contributed by atoms with Crippen LogP contribution < -0.4 is 10.1 Å². The molecule has 0 radical (unpaired) electrons. The van der Waals surface area contributed by atoms with E-state index in [2.05, 4.69) is 15.5 Å². The molecule has 0 aliphatic rings. The largest absolute Gasteiger partial charge is 0.484 e. The summed E-state index contributed by atoms with van der Waals surface area (Å²) >= 11 is 0. The van der Waals surface area contributed by atoms with Crippen molar-refractivity contribution in [3.63, 3.8) is 0 Å². The SMILES string of the molecule is CCC(=O)c1ccc(OCC(=O)Nc2ccc(C)cc2N=Nc2ccc(C)cc2)cc1. The van der Waals surface area contributed by atoms with E-state index in [1.807, 2.05) is 57.2 Å². The molecule has 3 rings (SSSR count). The molecule has 1 amide bonds. The van der Waals surface area contributed by atoms with Gasteiger partial charge in [0, 0.05) is 12.0 Å². The van der Waals surface area contributed by atoms with E-state index >= 15 is 0 Å². The normalized spacial score (nSPS) is 10.8. The van der Waals surface area contributed by atoms with Crippen LogP contribution >= 0.6 is 0 Å². The van der Waals surface area contributed by atoms with Gasteiger partial charge in [-0.05, 0) is 67.9 Å². The minimum absolute atomic E-state index is 0.0657. The Morgan fingerprint density at radius 2 is 1.55 bits per heavy atom. The first-order valence-corrected chi connectivity index (χ1v) is 10.1. The van der Waals surface area contributed by atoms with Crippen LogP contribution in [0.3, 0.4) is 0 Å². The van der Waals surface area contributed by atoms with E-state index in [1.54, 1.807) is 30.3 Å². The number of benzene rings is 3. The van der Waals surface area contributed by atoms with Gasteiger partial charge in [0.2, 0.25) is 0 Å². The molecule has 31 heavy (non-hydrogen) atoms. The zero-order chi connectivity index (χ0) is 22.2. The van der Waals surface area contributed by atoms with Gasteiger partial charge in [0.1, 0.15) is 11.4 Å². The van der Waals surface area contributed by atoms with Crippen LogP contribution in [-0.2, 0) is 4.79 Å². The van der Waals surface area contributed by atoms with Gasteiger partial charge in [-0.3, -0.25) is 9.59 Å². The number of carbonyl (C=O) groups excluding carboxylic acids is 2. The second kappa shape index (κ2) is 10.3. The van der Waals surface area contributed by atoms with Gasteiger partial charge in [-0.2, -0.15) is 5.11 Å². The van der Waals surface area contributed by atoms with Gasteiger partial charge in [0.25, 0.3) is 5.91 Å². The fraction of sp³-hybridized carbons (Fsp3) is 0.200. The summed E-state index contributed by atoms with van der Waals surface area (Å²) in [5, 5.41) is 11.4. The van der Waals surface area contributed by atoms with Crippen LogP contribution in [0.15, 0.2) is 77.0 Å². The summed E-state index contributed by atoms with van der Waals surface area (Å²) in [6, 6.07) is 20.0. The van der Waals surface area contributed by atoms with Gasteiger partial charge in [-0.1, -0.05) is 30.7 Å². The molecule has 3 aromatic rings. The molecule has 0 saturated heterocycles. The maximum atomic E-state index is 12.4. The van der Waals surface area contributed by atoms with Crippen molar-refractivity contribution in [3.05, 3.63) is 83.4 Å². The Balaban J connectivity index is 1.64. The van der Waals surface area contributed by atoms with E-state index in [9.17, 15) is 9.59 Å². The number of anilines is 1. The summed E-state index contributed by atoms with van der Waals surface area (Å²) in [5.74, 6) is 0.270. The molecule has 6 heteroatoms. The molecule has 0 unspecified atom stereocenters. The number of ether oxygens (including phenoxy) is 1. The van der Waals surface area contributed by atoms with Gasteiger partial charge in [0.05, 0.1) is 11.4 Å². The number of nitrogens with one attached hydrogen (secondary N) is 1. The van der Waals surface area contributed by atoms with Crippen LogP contribution in [0.5, 0.6) is 5.75 Å². The number of hydrogen-bond acceptors (Lipinski definition) is 5. The fourth-order valence-electron chi connectivity index (χ4n) is 2.83. The molecule has 0 aliphatic heterocycles. The van der Waals surface area contributed by atoms with Crippen LogP contribution in [0.1, 0.15) is 34.8 Å². The summed E-state index contributed by atoms with van der Waals surface area (Å²) < 4.78 is 5.54. The highest BCUT2D eigenvalue weighted by Gasteiger charge is 2.09. The van der Waals surface area contributed by atoms with E-state index in [0.717, 1.165) is 16.8 Å². The molecule has 0 saturated carbocycles. The molecule has 0 spiro atoms. The summed E-state index contributed by atoms with van der Waals surface area (Å²) in [5.41, 5.74) is 4.64. The second-order valence-corrected chi connectivity index (χ2v) is 7.19. The molecule has 6 nitrogen and oxygen atoms in total. The Morgan fingerprint density at radius 3 is 2.23 bits per heavy atom. The molecule has 0 heterocycles. The Morgan fingerprint density at radius 1 is 0.871 bits per heavy atom. The Bertz CT molecular complexity index is 1090. The number of hydrogen-bond donors (Lipinski definition) is 1. The van der Waals surface area contributed by atoms with Gasteiger partial charge < -0.3 is 10.1 Å². The third kappa shape index (κ3) is 6.34. The van der Waals surface area contributed by atoms with Crippen molar-refractivity contribution >= 4 is 28.8 Å². The second-order valence-electron chi connectivity index (χ2n) is 7.19. The van der Waals surface area contributed by atoms with Crippen LogP contribution in [-0.4, -0.2) is 18.3 Å². The van der Waals surface area contributed by atoms with Crippen LogP contribution in [0.2, 0.25) is 0 Å². The smallest absolute Gasteiger partial charge is 0.262 e. The Kier molecular flexibility index (Phi) is 7.27. The first-order valence-electron chi connectivity index (χ1n) is 10.1. The molecular weight excluding hydrogens is 390 g/mol. The Hall–Kier alpha value is -3.80. The number of carbonyl (C=O) groups is 2. The molecule has 158 valence electrons. The lowest BCUT2D eigenvalue weighted by Crippen LogP contribution is -2.20. The highest BCUT2D eigenvalue weighted by Crippen LogP contribution is 2.28. The molecule has 0 bridgehead atoms. The van der Waals surface area contributed by atoms with E-state index < -0.39 is 0 Å². The van der Waals surface area contributed by atoms with Gasteiger partial charge in [-0.15, -0.1) is 5.11 Å². The monoisotopic (exact) mass is 415 g/mol. The average molecular weight is 415 g/mol. The van der Waals surface area contributed by atoms with Crippen molar-refractivity contribution in [3.8, 4) is 5.75 Å². The van der Waals surface area contributed by atoms with Crippen molar-refractivity contribution in [1.29, 1.82) is 0 Å². The third-order valence-corrected chi connectivity index (χ3v) is 4.60. The number of amides is 1. The quantitative estimate of drug-likeness (QED) is 0.345. The molecule has 0 aliphatic carbocycles. The molecular formula is C25H25N3O3. The summed E-state index contributed by atoms with van der Waals surface area (Å²) in [4.78, 5) is 24.1. The molecule has 3 aromatic carbocycles. The van der Waals surface area contributed by atoms with E-state index in [4.69, 9.17) is 4.74 Å². The fourth-order valence-corrected chi connectivity index (χ4v) is 2.83. The summed E-state index contributed by atoms with van der Waals surface area (Å²) in [6.07, 6.45) is 0.447. The standard InChI is InChI=1S/C25H25N3O3/c1-4-24(29)19-8-12-21(13-9-19)31-16-25(30)26-22-14-7-18(3)15-23(22)28-27-20-10-5-17(2)6-11-20/h5-15H,4,16H2,1-3H3,(H,26,30). The van der Waals surface area contributed by atoms with Gasteiger partial charge in [0.15, 0.2) is 12.4 Å². The van der Waals surface area contributed by atoms with Crippen molar-refractivity contribution in [2.45, 2.75) is 27.2 Å². The molecule has 1 N–H and O–H groups in total. The number of azo groups is 1. The van der Waals surface area contributed by atoms with Crippen LogP contribution in [0.25, 0.3) is 0 Å². The summed E-state index contributed by atoms with van der Waals surface area (Å²) in [6.45, 7) is 5.61. The minimum Gasteiger partial charge on any atom is -0.484 e. The zero-order valence-corrected chi connectivity index (χ0v) is 17.9. The number of aryl methyl sites for hydroxylation is 2. The van der Waals surface area contributed by atoms with Crippen molar-refractivity contribution in [1.82, 2.24) is 0 Å². The number of ketones is 1. The zero-order valence-electron chi connectivity index (χ0n) is 17.9. The van der Waals surface area contributed by atoms with Gasteiger partial charge in [-0.25, -0.2) is 0 Å². The lowest BCUT2D eigenvalue weighted by molar-refractivity contribution is -0.118. The van der Waals surface area contributed by atoms with E-state index in [-0.39, 0.29) is 18.3 Å². The molecule has 0 atom stereocenters. The van der Waals surface area contributed by atoms with Crippen LogP contribution in [0, 0.1) is 13.8 Å². The lowest BCUT2D eigenvalue weighted by atomic mass is 10.1. The van der Waals surface area contributed by atoms with Crippen molar-refractivity contribution in [2.75, 3.05) is 11.9 Å². The minimum atomic E-state index is -0.315. The third-order valence-electron chi connectivity index (χ3n) is 4.60. The lowest BCUT2D eigenvalue weighted by Gasteiger charge is -2.10. The number of nitrogens with zero attached hydrogens (tertiary/aromatic N) is 2. The van der Waals surface area contributed by atoms with Crippen molar-refractivity contribution in [2.24, 2.45) is 10.2 Å². The van der Waals surface area contributed by atoms with Gasteiger partial charge >= 0.3 is 0 Å². The predicted molar refractivity (Wildman–Crippen MR) is 122 cm³/mol. The van der Waals surface area contributed by atoms with Crippen LogP contribution in [0.4, 0.5) is 17.1 Å². The maximum Gasteiger partial charge on any atom is 0.262 e. The number of Topliss-reactive ketones (excluding diaryl/α,β-unsaturated/α-hetero) is 1. The predicted octanol–water partition coefficient (Wildman–Crippen LogP) is 6.33. The van der Waals surface area contributed by atoms with Crippen molar-refractivity contribution < 1.29 is 14.3 Å². The first-order chi connectivity index (χ1) is 14.9. The topological polar surface area (TPSA) is 80.1 Å². The molecule has 0 aromatic heterocycles.